The number of amides is 1. The summed E-state index contributed by atoms with van der Waals surface area (Å²) in [5.74, 6) is 1.62. The number of thiophene rings is 1. The highest BCUT2D eigenvalue weighted by atomic mass is 32.1. The molecule has 2 unspecified atom stereocenters. The summed E-state index contributed by atoms with van der Waals surface area (Å²) in [7, 11) is 0. The quantitative estimate of drug-likeness (QED) is 0.523. The van der Waals surface area contributed by atoms with Crippen molar-refractivity contribution in [2.75, 3.05) is 26.2 Å². The van der Waals surface area contributed by atoms with E-state index in [0.717, 1.165) is 51.4 Å². The number of likely N-dealkylation sites (tertiary alicyclic amines) is 1. The molecule has 0 radical (unpaired) electrons. The molecule has 1 aliphatic rings. The molecule has 6 heteroatoms. The Kier molecular flexibility index (Phi) is 8.25. The number of guanidine groups is 1. The average Bonchev–Trinajstić information content (AvgIpc) is 3.28. The maximum Gasteiger partial charge on any atom is 0.222 e. The van der Waals surface area contributed by atoms with Gasteiger partial charge in [0, 0.05) is 42.9 Å². The molecule has 0 aromatic carbocycles. The van der Waals surface area contributed by atoms with Crippen molar-refractivity contribution in [2.45, 2.75) is 58.4 Å². The molecule has 140 valence electrons. The lowest BCUT2D eigenvalue weighted by Gasteiger charge is -2.27. The molecule has 2 N–H and O–H groups in total. The average molecular weight is 365 g/mol. The van der Waals surface area contributed by atoms with E-state index < -0.39 is 0 Å². The number of hydrogen-bond donors (Lipinski definition) is 2. The van der Waals surface area contributed by atoms with Crippen LogP contribution in [0.2, 0.25) is 0 Å². The van der Waals surface area contributed by atoms with Crippen molar-refractivity contribution in [1.82, 2.24) is 15.5 Å². The first-order valence-corrected chi connectivity index (χ1v) is 10.4. The van der Waals surface area contributed by atoms with Gasteiger partial charge in [0.1, 0.15) is 0 Å². The van der Waals surface area contributed by atoms with Crippen LogP contribution < -0.4 is 10.6 Å². The van der Waals surface area contributed by atoms with Crippen LogP contribution in [-0.4, -0.2) is 49.0 Å². The predicted octanol–water partition coefficient (Wildman–Crippen LogP) is 3.20. The van der Waals surface area contributed by atoms with Crippen molar-refractivity contribution >= 4 is 23.2 Å². The molecular weight excluding hydrogens is 332 g/mol. The minimum atomic E-state index is 0.317. The topological polar surface area (TPSA) is 56.7 Å². The third-order valence-corrected chi connectivity index (χ3v) is 5.79. The fourth-order valence-corrected chi connectivity index (χ4v) is 4.00. The highest BCUT2D eigenvalue weighted by molar-refractivity contribution is 7.10. The zero-order valence-electron chi connectivity index (χ0n) is 15.8. The summed E-state index contributed by atoms with van der Waals surface area (Å²) in [5, 5.41) is 8.86. The molecule has 2 atom stereocenters. The molecule has 0 bridgehead atoms. The Balaban J connectivity index is 1.81. The van der Waals surface area contributed by atoms with Crippen molar-refractivity contribution in [2.24, 2.45) is 4.99 Å². The standard InChI is InChI=1S/C19H32N4OS/c1-4-16(23-12-6-9-18(23)24)10-11-21-19(20-5-2)22-14-15(3)17-8-7-13-25-17/h7-8,13,15-16H,4-6,9-12,14H2,1-3H3,(H2,20,21,22). The summed E-state index contributed by atoms with van der Waals surface area (Å²) in [6.45, 7) is 9.84. The molecule has 1 saturated heterocycles. The van der Waals surface area contributed by atoms with Gasteiger partial charge in [0.2, 0.25) is 5.91 Å². The smallest absolute Gasteiger partial charge is 0.222 e. The van der Waals surface area contributed by atoms with E-state index in [-0.39, 0.29) is 0 Å². The van der Waals surface area contributed by atoms with E-state index >= 15 is 0 Å². The number of hydrogen-bond acceptors (Lipinski definition) is 3. The minimum Gasteiger partial charge on any atom is -0.357 e. The third-order valence-electron chi connectivity index (χ3n) is 4.69. The summed E-state index contributed by atoms with van der Waals surface area (Å²) in [6, 6.07) is 4.61. The number of nitrogens with zero attached hydrogens (tertiary/aromatic N) is 2. The molecule has 0 saturated carbocycles. The summed E-state index contributed by atoms with van der Waals surface area (Å²) >= 11 is 1.79. The van der Waals surface area contributed by atoms with Crippen molar-refractivity contribution in [3.05, 3.63) is 22.4 Å². The first-order chi connectivity index (χ1) is 12.2. The van der Waals surface area contributed by atoms with Gasteiger partial charge in [-0.05, 0) is 37.6 Å². The normalized spacial score (nSPS) is 17.6. The summed E-state index contributed by atoms with van der Waals surface area (Å²) in [5.41, 5.74) is 0. The lowest BCUT2D eigenvalue weighted by Crippen LogP contribution is -2.42. The van der Waals surface area contributed by atoms with E-state index in [1.807, 2.05) is 0 Å². The Bertz CT molecular complexity index is 544. The van der Waals surface area contributed by atoms with Gasteiger partial charge in [0.25, 0.3) is 0 Å². The molecule has 1 aromatic rings. The van der Waals surface area contributed by atoms with E-state index in [1.165, 1.54) is 4.88 Å². The van der Waals surface area contributed by atoms with Gasteiger partial charge in [-0.3, -0.25) is 9.79 Å². The molecule has 1 fully saturated rings. The number of carbonyl (C=O) groups is 1. The Morgan fingerprint density at radius 3 is 2.84 bits per heavy atom. The molecule has 0 spiro atoms. The Labute approximate surface area is 155 Å². The maximum absolute atomic E-state index is 11.9. The lowest BCUT2D eigenvalue weighted by atomic mass is 10.1. The third kappa shape index (κ3) is 6.03. The number of aliphatic imine (C=N–C) groups is 1. The predicted molar refractivity (Wildman–Crippen MR) is 106 cm³/mol. The van der Waals surface area contributed by atoms with Crippen LogP contribution in [0.3, 0.4) is 0 Å². The monoisotopic (exact) mass is 364 g/mol. The molecule has 1 aromatic heterocycles. The van der Waals surface area contributed by atoms with E-state index in [1.54, 1.807) is 11.3 Å². The molecular formula is C19H32N4OS. The Morgan fingerprint density at radius 1 is 1.40 bits per heavy atom. The molecule has 2 heterocycles. The van der Waals surface area contributed by atoms with Gasteiger partial charge in [0.05, 0.1) is 6.54 Å². The summed E-state index contributed by atoms with van der Waals surface area (Å²) < 4.78 is 0. The van der Waals surface area contributed by atoms with Gasteiger partial charge in [0.15, 0.2) is 5.96 Å². The van der Waals surface area contributed by atoms with Gasteiger partial charge < -0.3 is 15.5 Å². The van der Waals surface area contributed by atoms with Crippen LogP contribution in [-0.2, 0) is 4.79 Å². The van der Waals surface area contributed by atoms with Crippen LogP contribution in [0.4, 0.5) is 0 Å². The molecule has 2 rings (SSSR count). The number of carbonyl (C=O) groups excluding carboxylic acids is 1. The second-order valence-corrected chi connectivity index (χ2v) is 7.58. The lowest BCUT2D eigenvalue weighted by molar-refractivity contribution is -0.129. The molecule has 25 heavy (non-hydrogen) atoms. The van der Waals surface area contributed by atoms with E-state index in [9.17, 15) is 4.79 Å². The second kappa shape index (κ2) is 10.4. The van der Waals surface area contributed by atoms with Crippen LogP contribution >= 0.6 is 11.3 Å². The molecule has 5 nitrogen and oxygen atoms in total. The van der Waals surface area contributed by atoms with Crippen LogP contribution in [0.25, 0.3) is 0 Å². The largest absolute Gasteiger partial charge is 0.357 e. The minimum absolute atomic E-state index is 0.317. The fraction of sp³-hybridized carbons (Fsp3) is 0.684. The number of nitrogens with one attached hydrogen (secondary N) is 2. The summed E-state index contributed by atoms with van der Waals surface area (Å²) in [4.78, 5) is 20.1. The van der Waals surface area contributed by atoms with Crippen LogP contribution in [0, 0.1) is 0 Å². The van der Waals surface area contributed by atoms with Gasteiger partial charge in [-0.15, -0.1) is 11.3 Å². The van der Waals surface area contributed by atoms with E-state index in [0.29, 0.717) is 24.3 Å². The van der Waals surface area contributed by atoms with Crippen molar-refractivity contribution in [3.8, 4) is 0 Å². The SMILES string of the molecule is CCNC(=NCC(C)c1cccs1)NCCC(CC)N1CCCC1=O. The fourth-order valence-electron chi connectivity index (χ4n) is 3.22. The molecule has 1 aliphatic heterocycles. The van der Waals surface area contributed by atoms with E-state index in [2.05, 4.69) is 53.8 Å². The van der Waals surface area contributed by atoms with Gasteiger partial charge in [-0.2, -0.15) is 0 Å². The molecule has 0 aliphatic carbocycles. The second-order valence-electron chi connectivity index (χ2n) is 6.60. The van der Waals surface area contributed by atoms with Crippen LogP contribution in [0.5, 0.6) is 0 Å². The Hall–Kier alpha value is -1.56. The van der Waals surface area contributed by atoms with Gasteiger partial charge >= 0.3 is 0 Å². The first-order valence-electron chi connectivity index (χ1n) is 9.50. The van der Waals surface area contributed by atoms with E-state index in [4.69, 9.17) is 4.99 Å². The van der Waals surface area contributed by atoms with Crippen molar-refractivity contribution < 1.29 is 4.79 Å². The first kappa shape index (κ1) is 19.8. The number of rotatable bonds is 9. The zero-order valence-corrected chi connectivity index (χ0v) is 16.6. The zero-order chi connectivity index (χ0) is 18.1. The van der Waals surface area contributed by atoms with Crippen LogP contribution in [0.1, 0.15) is 57.2 Å². The maximum atomic E-state index is 11.9. The van der Waals surface area contributed by atoms with Crippen molar-refractivity contribution in [3.63, 3.8) is 0 Å². The van der Waals surface area contributed by atoms with Crippen molar-refractivity contribution in [1.29, 1.82) is 0 Å². The van der Waals surface area contributed by atoms with Crippen LogP contribution in [0.15, 0.2) is 22.5 Å². The van der Waals surface area contributed by atoms with Gasteiger partial charge in [-0.25, -0.2) is 0 Å². The summed E-state index contributed by atoms with van der Waals surface area (Å²) in [6.07, 6.45) is 3.70. The molecule has 1 amide bonds. The Morgan fingerprint density at radius 2 is 2.24 bits per heavy atom. The highest BCUT2D eigenvalue weighted by Crippen LogP contribution is 2.20. The van der Waals surface area contributed by atoms with Gasteiger partial charge in [-0.1, -0.05) is 19.9 Å². The highest BCUT2D eigenvalue weighted by Gasteiger charge is 2.26.